The molecular formula is C19H21ClN2O5S. The van der Waals surface area contributed by atoms with Gasteiger partial charge in [-0.2, -0.15) is 0 Å². The number of halogens is 1. The molecule has 0 saturated heterocycles. The van der Waals surface area contributed by atoms with Crippen LogP contribution in [0.5, 0.6) is 0 Å². The van der Waals surface area contributed by atoms with Crippen LogP contribution < -0.4 is 10.0 Å². The molecule has 0 fully saturated rings. The topological polar surface area (TPSA) is 102 Å². The number of benzene rings is 2. The van der Waals surface area contributed by atoms with Crippen LogP contribution in [0.1, 0.15) is 29.8 Å². The maximum Gasteiger partial charge on any atom is 0.337 e. The second-order valence-corrected chi connectivity index (χ2v) is 8.44. The van der Waals surface area contributed by atoms with Crippen molar-refractivity contribution in [2.45, 2.75) is 25.3 Å². The number of anilines is 1. The Bertz CT molecular complexity index is 972. The van der Waals surface area contributed by atoms with E-state index in [9.17, 15) is 18.0 Å². The van der Waals surface area contributed by atoms with E-state index < -0.39 is 16.0 Å². The molecule has 0 aliphatic carbocycles. The third-order valence-corrected chi connectivity index (χ3v) is 5.74. The van der Waals surface area contributed by atoms with Gasteiger partial charge in [0.25, 0.3) is 0 Å². The summed E-state index contributed by atoms with van der Waals surface area (Å²) in [5, 5.41) is 2.75. The maximum absolute atomic E-state index is 12.6. The molecule has 2 N–H and O–H groups in total. The largest absolute Gasteiger partial charge is 0.465 e. The standard InChI is InChI=1S/C19H21ClN2O5S/c1-12(2)18(23)22-15-7-4-13(5-8-15)11-21-28(25,26)17-10-14(19(24)27-3)6-9-16(17)20/h4-10,12,21H,11H2,1-3H3,(H,22,23). The van der Waals surface area contributed by atoms with E-state index in [1.54, 1.807) is 38.1 Å². The Labute approximate surface area is 169 Å². The Morgan fingerprint density at radius 3 is 2.32 bits per heavy atom. The van der Waals surface area contributed by atoms with Crippen molar-refractivity contribution in [2.75, 3.05) is 12.4 Å². The first-order valence-electron chi connectivity index (χ1n) is 8.41. The van der Waals surface area contributed by atoms with E-state index in [2.05, 4.69) is 14.8 Å². The zero-order valence-corrected chi connectivity index (χ0v) is 17.2. The minimum Gasteiger partial charge on any atom is -0.465 e. The molecule has 0 aliphatic heterocycles. The number of hydrogen-bond acceptors (Lipinski definition) is 5. The molecule has 150 valence electrons. The summed E-state index contributed by atoms with van der Waals surface area (Å²) in [6.07, 6.45) is 0. The van der Waals surface area contributed by atoms with Crippen LogP contribution in [0.3, 0.4) is 0 Å². The summed E-state index contributed by atoms with van der Waals surface area (Å²) in [7, 11) is -2.75. The van der Waals surface area contributed by atoms with Crippen LogP contribution in [0.25, 0.3) is 0 Å². The second-order valence-electron chi connectivity index (χ2n) is 6.30. The van der Waals surface area contributed by atoms with E-state index in [0.717, 1.165) is 0 Å². The Morgan fingerprint density at radius 1 is 1.11 bits per heavy atom. The van der Waals surface area contributed by atoms with E-state index in [0.29, 0.717) is 11.3 Å². The van der Waals surface area contributed by atoms with Gasteiger partial charge in [0.1, 0.15) is 4.90 Å². The van der Waals surface area contributed by atoms with Crippen LogP contribution in [-0.4, -0.2) is 27.4 Å². The van der Waals surface area contributed by atoms with Crippen LogP contribution in [0.4, 0.5) is 5.69 Å². The highest BCUT2D eigenvalue weighted by molar-refractivity contribution is 7.89. The van der Waals surface area contributed by atoms with Gasteiger partial charge in [-0.05, 0) is 35.9 Å². The fourth-order valence-electron chi connectivity index (χ4n) is 2.20. The lowest BCUT2D eigenvalue weighted by Gasteiger charge is -2.11. The molecule has 2 rings (SSSR count). The molecule has 2 aromatic carbocycles. The van der Waals surface area contributed by atoms with Gasteiger partial charge in [0.2, 0.25) is 15.9 Å². The van der Waals surface area contributed by atoms with Gasteiger partial charge >= 0.3 is 5.97 Å². The summed E-state index contributed by atoms with van der Waals surface area (Å²) in [6.45, 7) is 3.59. The number of rotatable bonds is 7. The van der Waals surface area contributed by atoms with Gasteiger partial charge in [0.15, 0.2) is 0 Å². The van der Waals surface area contributed by atoms with E-state index >= 15 is 0 Å². The number of amides is 1. The van der Waals surface area contributed by atoms with Gasteiger partial charge in [0.05, 0.1) is 17.7 Å². The highest BCUT2D eigenvalue weighted by Crippen LogP contribution is 2.23. The van der Waals surface area contributed by atoms with Crippen LogP contribution >= 0.6 is 11.6 Å². The predicted octanol–water partition coefficient (Wildman–Crippen LogP) is 3.20. The summed E-state index contributed by atoms with van der Waals surface area (Å²) < 4.78 is 32.2. The van der Waals surface area contributed by atoms with Crippen LogP contribution in [-0.2, 0) is 26.1 Å². The fraction of sp³-hybridized carbons (Fsp3) is 0.263. The highest BCUT2D eigenvalue weighted by atomic mass is 35.5. The molecule has 0 saturated carbocycles. The normalized spacial score (nSPS) is 11.3. The van der Waals surface area contributed by atoms with Crippen molar-refractivity contribution >= 4 is 39.2 Å². The lowest BCUT2D eigenvalue weighted by Crippen LogP contribution is -2.24. The molecule has 28 heavy (non-hydrogen) atoms. The molecule has 2 aromatic rings. The molecule has 0 aliphatic rings. The molecule has 0 unspecified atom stereocenters. The van der Waals surface area contributed by atoms with Crippen LogP contribution in [0.15, 0.2) is 47.4 Å². The number of carbonyl (C=O) groups excluding carboxylic acids is 2. The van der Waals surface area contributed by atoms with Crippen LogP contribution in [0, 0.1) is 5.92 Å². The molecule has 0 atom stereocenters. The van der Waals surface area contributed by atoms with Crippen molar-refractivity contribution in [2.24, 2.45) is 5.92 Å². The van der Waals surface area contributed by atoms with Gasteiger partial charge in [-0.3, -0.25) is 4.79 Å². The first-order chi connectivity index (χ1) is 13.1. The number of esters is 1. The average molecular weight is 425 g/mol. The molecule has 0 aromatic heterocycles. The van der Waals surface area contributed by atoms with Gasteiger partial charge in [-0.1, -0.05) is 37.6 Å². The molecule has 1 amide bonds. The molecular weight excluding hydrogens is 404 g/mol. The molecule has 0 radical (unpaired) electrons. The van der Waals surface area contributed by atoms with E-state index in [1.165, 1.54) is 25.3 Å². The van der Waals surface area contributed by atoms with Crippen molar-refractivity contribution in [3.63, 3.8) is 0 Å². The van der Waals surface area contributed by atoms with E-state index in [1.807, 2.05) is 0 Å². The Hall–Kier alpha value is -2.42. The second kappa shape index (κ2) is 9.18. The SMILES string of the molecule is COC(=O)c1ccc(Cl)c(S(=O)(=O)NCc2ccc(NC(=O)C(C)C)cc2)c1. The van der Waals surface area contributed by atoms with Crippen molar-refractivity contribution in [3.05, 3.63) is 58.6 Å². The lowest BCUT2D eigenvalue weighted by atomic mass is 10.2. The molecule has 0 bridgehead atoms. The van der Waals surface area contributed by atoms with Crippen LogP contribution in [0.2, 0.25) is 5.02 Å². The smallest absolute Gasteiger partial charge is 0.337 e. The minimum atomic E-state index is -3.95. The Kier molecular flexibility index (Phi) is 7.17. The number of nitrogens with one attached hydrogen (secondary N) is 2. The minimum absolute atomic E-state index is 0.00750. The fourth-order valence-corrected chi connectivity index (χ4v) is 3.74. The summed E-state index contributed by atoms with van der Waals surface area (Å²) in [5.74, 6) is -0.905. The summed E-state index contributed by atoms with van der Waals surface area (Å²) in [5.41, 5.74) is 1.39. The maximum atomic E-state index is 12.6. The Morgan fingerprint density at radius 2 is 1.75 bits per heavy atom. The first kappa shape index (κ1) is 21.9. The number of carbonyl (C=O) groups is 2. The number of sulfonamides is 1. The molecule has 0 heterocycles. The summed E-state index contributed by atoms with van der Waals surface area (Å²) in [6, 6.07) is 10.7. The third kappa shape index (κ3) is 5.54. The van der Waals surface area contributed by atoms with Gasteiger partial charge in [0, 0.05) is 18.2 Å². The number of methoxy groups -OCH3 is 1. The third-order valence-electron chi connectivity index (χ3n) is 3.85. The lowest BCUT2D eigenvalue weighted by molar-refractivity contribution is -0.118. The van der Waals surface area contributed by atoms with Gasteiger partial charge in [-0.15, -0.1) is 0 Å². The molecule has 9 heteroatoms. The Balaban J connectivity index is 2.11. The molecule has 0 spiro atoms. The summed E-state index contributed by atoms with van der Waals surface area (Å²) in [4.78, 5) is 23.1. The van der Waals surface area contributed by atoms with Crippen molar-refractivity contribution in [1.29, 1.82) is 0 Å². The quantitative estimate of drug-likeness (QED) is 0.664. The van der Waals surface area contributed by atoms with Gasteiger partial charge < -0.3 is 10.1 Å². The van der Waals surface area contributed by atoms with Gasteiger partial charge in [-0.25, -0.2) is 17.9 Å². The average Bonchev–Trinajstić information content (AvgIpc) is 2.67. The first-order valence-corrected chi connectivity index (χ1v) is 10.3. The number of ether oxygens (including phenoxy) is 1. The monoisotopic (exact) mass is 424 g/mol. The van der Waals surface area contributed by atoms with E-state index in [4.69, 9.17) is 11.6 Å². The van der Waals surface area contributed by atoms with Crippen molar-refractivity contribution in [3.8, 4) is 0 Å². The van der Waals surface area contributed by atoms with Crippen molar-refractivity contribution < 1.29 is 22.7 Å². The zero-order valence-electron chi connectivity index (χ0n) is 15.7. The van der Waals surface area contributed by atoms with E-state index in [-0.39, 0.29) is 33.9 Å². The molecule has 7 nitrogen and oxygen atoms in total. The zero-order chi connectivity index (χ0) is 20.9. The summed E-state index contributed by atoms with van der Waals surface area (Å²) >= 11 is 5.99. The van der Waals surface area contributed by atoms with Crippen molar-refractivity contribution in [1.82, 2.24) is 4.72 Å². The highest BCUT2D eigenvalue weighted by Gasteiger charge is 2.20. The predicted molar refractivity (Wildman–Crippen MR) is 107 cm³/mol. The number of hydrogen-bond donors (Lipinski definition) is 2.